The molecule has 0 aromatic carbocycles. The molecule has 0 bridgehead atoms. The molecule has 0 amide bonds. The lowest BCUT2D eigenvalue weighted by Gasteiger charge is -2.22. The minimum Gasteiger partial charge on any atom is -0.480 e. The third-order valence-electron chi connectivity index (χ3n) is 3.11. The zero-order valence-corrected chi connectivity index (χ0v) is 10.4. The number of hydrogen-bond acceptors (Lipinski definition) is 3. The Morgan fingerprint density at radius 2 is 2.19 bits per heavy atom. The average molecular weight is 228 g/mol. The lowest BCUT2D eigenvalue weighted by Crippen LogP contribution is -2.40. The third-order valence-corrected chi connectivity index (χ3v) is 3.11. The van der Waals surface area contributed by atoms with Crippen LogP contribution in [0.1, 0.15) is 39.5 Å². The van der Waals surface area contributed by atoms with Crippen molar-refractivity contribution in [1.82, 2.24) is 10.2 Å². The molecule has 1 fully saturated rings. The van der Waals surface area contributed by atoms with Crippen LogP contribution in [0.15, 0.2) is 0 Å². The fourth-order valence-corrected chi connectivity index (χ4v) is 1.96. The van der Waals surface area contributed by atoms with Crippen molar-refractivity contribution in [2.45, 2.75) is 51.6 Å². The summed E-state index contributed by atoms with van der Waals surface area (Å²) in [4.78, 5) is 13.4. The number of nitrogens with zero attached hydrogens (tertiary/aromatic N) is 1. The van der Waals surface area contributed by atoms with E-state index in [0.29, 0.717) is 6.42 Å². The Kier molecular flexibility index (Phi) is 5.77. The fourth-order valence-electron chi connectivity index (χ4n) is 1.96. The number of hydrogen-bond donors (Lipinski definition) is 2. The zero-order valence-electron chi connectivity index (χ0n) is 10.4. The second kappa shape index (κ2) is 6.86. The molecular weight excluding hydrogens is 204 g/mol. The number of carboxylic acid groups (broad SMARTS) is 1. The van der Waals surface area contributed by atoms with Crippen LogP contribution in [-0.4, -0.2) is 47.7 Å². The van der Waals surface area contributed by atoms with Crippen LogP contribution in [0.5, 0.6) is 0 Å². The molecule has 1 atom stereocenters. The molecule has 1 unspecified atom stereocenters. The standard InChI is InChI=1S/C12H24N2O2/c1-3-8-13-11(12(15)16)7-9-14(4-2)10-5-6-10/h10-11,13H,3-9H2,1-2H3,(H,15,16). The SMILES string of the molecule is CCCNC(CCN(CC)C1CC1)C(=O)O. The Labute approximate surface area is 98.0 Å². The molecule has 0 aromatic heterocycles. The largest absolute Gasteiger partial charge is 0.480 e. The van der Waals surface area contributed by atoms with Crippen molar-refractivity contribution in [3.05, 3.63) is 0 Å². The van der Waals surface area contributed by atoms with Crippen LogP contribution in [0.4, 0.5) is 0 Å². The quantitative estimate of drug-likeness (QED) is 0.625. The number of carboxylic acids is 1. The third kappa shape index (κ3) is 4.49. The molecule has 1 saturated carbocycles. The first-order valence-corrected chi connectivity index (χ1v) is 6.39. The van der Waals surface area contributed by atoms with Crippen LogP contribution in [0, 0.1) is 0 Å². The molecule has 4 heteroatoms. The van der Waals surface area contributed by atoms with Crippen LogP contribution in [-0.2, 0) is 4.79 Å². The number of aliphatic carboxylic acids is 1. The van der Waals surface area contributed by atoms with Gasteiger partial charge in [0, 0.05) is 12.6 Å². The maximum atomic E-state index is 11.0. The second-order valence-corrected chi connectivity index (χ2v) is 4.49. The highest BCUT2D eigenvalue weighted by Gasteiger charge is 2.28. The number of carbonyl (C=O) groups is 1. The van der Waals surface area contributed by atoms with Crippen LogP contribution in [0.25, 0.3) is 0 Å². The van der Waals surface area contributed by atoms with E-state index in [2.05, 4.69) is 24.1 Å². The van der Waals surface area contributed by atoms with E-state index in [0.717, 1.165) is 32.1 Å². The minimum absolute atomic E-state index is 0.382. The van der Waals surface area contributed by atoms with Crippen molar-refractivity contribution in [3.63, 3.8) is 0 Å². The Morgan fingerprint density at radius 3 is 2.62 bits per heavy atom. The molecule has 0 aromatic rings. The van der Waals surface area contributed by atoms with Crippen LogP contribution in [0.2, 0.25) is 0 Å². The molecule has 2 N–H and O–H groups in total. The van der Waals surface area contributed by atoms with Gasteiger partial charge in [0.25, 0.3) is 0 Å². The average Bonchev–Trinajstić information content (AvgIpc) is 3.07. The topological polar surface area (TPSA) is 52.6 Å². The molecule has 0 aliphatic heterocycles. The molecule has 4 nitrogen and oxygen atoms in total. The molecule has 94 valence electrons. The van der Waals surface area contributed by atoms with Gasteiger partial charge in [0.1, 0.15) is 6.04 Å². The predicted octanol–water partition coefficient (Wildman–Crippen LogP) is 1.31. The Morgan fingerprint density at radius 1 is 1.50 bits per heavy atom. The van der Waals surface area contributed by atoms with Crippen LogP contribution in [0.3, 0.4) is 0 Å². The summed E-state index contributed by atoms with van der Waals surface area (Å²) in [5.41, 5.74) is 0. The van der Waals surface area contributed by atoms with Gasteiger partial charge in [-0.3, -0.25) is 4.79 Å². The van der Waals surface area contributed by atoms with Gasteiger partial charge in [0.15, 0.2) is 0 Å². The molecular formula is C12H24N2O2. The predicted molar refractivity (Wildman–Crippen MR) is 64.6 cm³/mol. The van der Waals surface area contributed by atoms with E-state index >= 15 is 0 Å². The summed E-state index contributed by atoms with van der Waals surface area (Å²) >= 11 is 0. The number of rotatable bonds is 9. The first-order chi connectivity index (χ1) is 7.69. The summed E-state index contributed by atoms with van der Waals surface area (Å²) in [5.74, 6) is -0.722. The molecule has 0 heterocycles. The van der Waals surface area contributed by atoms with Gasteiger partial charge in [-0.05, 0) is 38.8 Å². The van der Waals surface area contributed by atoms with Crippen LogP contribution < -0.4 is 5.32 Å². The maximum absolute atomic E-state index is 11.0. The Balaban J connectivity index is 2.27. The highest BCUT2D eigenvalue weighted by Crippen LogP contribution is 2.26. The van der Waals surface area contributed by atoms with E-state index in [1.54, 1.807) is 0 Å². The van der Waals surface area contributed by atoms with E-state index in [9.17, 15) is 4.79 Å². The van der Waals surface area contributed by atoms with Crippen molar-refractivity contribution < 1.29 is 9.90 Å². The summed E-state index contributed by atoms with van der Waals surface area (Å²) in [6, 6.07) is 0.346. The zero-order chi connectivity index (χ0) is 12.0. The van der Waals surface area contributed by atoms with Gasteiger partial charge in [0.2, 0.25) is 0 Å². The highest BCUT2D eigenvalue weighted by molar-refractivity contribution is 5.73. The van der Waals surface area contributed by atoms with E-state index in [1.807, 2.05) is 0 Å². The van der Waals surface area contributed by atoms with Crippen molar-refractivity contribution >= 4 is 5.97 Å². The van der Waals surface area contributed by atoms with Crippen molar-refractivity contribution in [1.29, 1.82) is 0 Å². The summed E-state index contributed by atoms with van der Waals surface area (Å²) < 4.78 is 0. The number of nitrogens with one attached hydrogen (secondary N) is 1. The normalized spacial score (nSPS) is 17.7. The second-order valence-electron chi connectivity index (χ2n) is 4.49. The van der Waals surface area contributed by atoms with Gasteiger partial charge in [0.05, 0.1) is 0 Å². The van der Waals surface area contributed by atoms with Crippen molar-refractivity contribution in [2.75, 3.05) is 19.6 Å². The van der Waals surface area contributed by atoms with E-state index < -0.39 is 5.97 Å². The molecule has 0 saturated heterocycles. The monoisotopic (exact) mass is 228 g/mol. The smallest absolute Gasteiger partial charge is 0.320 e. The summed E-state index contributed by atoms with van der Waals surface area (Å²) in [7, 11) is 0. The Hall–Kier alpha value is -0.610. The van der Waals surface area contributed by atoms with E-state index in [-0.39, 0.29) is 6.04 Å². The van der Waals surface area contributed by atoms with E-state index in [4.69, 9.17) is 5.11 Å². The molecule has 16 heavy (non-hydrogen) atoms. The lowest BCUT2D eigenvalue weighted by atomic mass is 10.2. The summed E-state index contributed by atoms with van der Waals surface area (Å²) in [6.45, 7) is 6.91. The summed E-state index contributed by atoms with van der Waals surface area (Å²) in [6.07, 6.45) is 4.26. The first-order valence-electron chi connectivity index (χ1n) is 6.39. The highest BCUT2D eigenvalue weighted by atomic mass is 16.4. The van der Waals surface area contributed by atoms with Crippen molar-refractivity contribution in [2.24, 2.45) is 0 Å². The van der Waals surface area contributed by atoms with Gasteiger partial charge in [-0.1, -0.05) is 13.8 Å². The molecule has 0 spiro atoms. The molecule has 0 radical (unpaired) electrons. The van der Waals surface area contributed by atoms with Crippen LogP contribution >= 0.6 is 0 Å². The van der Waals surface area contributed by atoms with Gasteiger partial charge in [-0.25, -0.2) is 0 Å². The van der Waals surface area contributed by atoms with Gasteiger partial charge in [-0.2, -0.15) is 0 Å². The lowest BCUT2D eigenvalue weighted by molar-refractivity contribution is -0.139. The fraction of sp³-hybridized carbons (Fsp3) is 0.917. The maximum Gasteiger partial charge on any atom is 0.320 e. The van der Waals surface area contributed by atoms with Gasteiger partial charge in [-0.15, -0.1) is 0 Å². The molecule has 1 rings (SSSR count). The van der Waals surface area contributed by atoms with Gasteiger partial charge >= 0.3 is 5.97 Å². The Bertz CT molecular complexity index is 217. The van der Waals surface area contributed by atoms with Crippen molar-refractivity contribution in [3.8, 4) is 0 Å². The molecule has 1 aliphatic carbocycles. The summed E-state index contributed by atoms with van der Waals surface area (Å²) in [5, 5.41) is 12.1. The van der Waals surface area contributed by atoms with E-state index in [1.165, 1.54) is 12.8 Å². The molecule has 1 aliphatic rings. The first kappa shape index (κ1) is 13.5. The minimum atomic E-state index is -0.722. The van der Waals surface area contributed by atoms with Gasteiger partial charge < -0.3 is 15.3 Å².